The highest BCUT2D eigenvalue weighted by Crippen LogP contribution is 1.71. The molecule has 13 heavy (non-hydrogen) atoms. The van der Waals surface area contributed by atoms with E-state index in [1.165, 1.54) is 0 Å². The number of hydrogen-bond acceptors (Lipinski definition) is 4. The van der Waals surface area contributed by atoms with Crippen molar-refractivity contribution in [3.63, 3.8) is 0 Å². The molecule has 0 heterocycles. The number of aliphatic imine (C=N–C) groups is 1. The van der Waals surface area contributed by atoms with Crippen molar-refractivity contribution < 1.29 is 15.0 Å². The number of nitrogens with one attached hydrogen (secondary N) is 1. The van der Waals surface area contributed by atoms with Gasteiger partial charge in [-0.3, -0.25) is 0 Å². The third-order valence-electron chi connectivity index (χ3n) is 0.559. The zero-order valence-corrected chi connectivity index (χ0v) is 7.76. The van der Waals surface area contributed by atoms with Crippen molar-refractivity contribution in [2.45, 2.75) is 6.92 Å². The van der Waals surface area contributed by atoms with E-state index in [9.17, 15) is 0 Å². The molecule has 0 aromatic heterocycles. The Hall–Kier alpha value is -1.57. The van der Waals surface area contributed by atoms with Gasteiger partial charge in [0, 0.05) is 6.54 Å². The standard InChI is InChI=1S/C4H10N4S.CH2O3/c1-2-7-4(9)8-3(5)6;2-1(3)4/h2H2,1H3,(H5,5,6,7,8,9);(H2,2,3,4)/p-2. The maximum atomic E-state index is 8.33. The first-order valence-electron chi connectivity index (χ1n) is 3.15. The lowest BCUT2D eigenvalue weighted by Gasteiger charge is -1.96. The molecule has 8 heteroatoms. The van der Waals surface area contributed by atoms with Gasteiger partial charge in [0.05, 0.1) is 0 Å². The summed E-state index contributed by atoms with van der Waals surface area (Å²) in [6.45, 7) is 2.64. The van der Waals surface area contributed by atoms with Crippen LogP contribution in [0.1, 0.15) is 6.92 Å². The van der Waals surface area contributed by atoms with E-state index < -0.39 is 6.16 Å². The van der Waals surface area contributed by atoms with Crippen molar-refractivity contribution in [3.05, 3.63) is 0 Å². The molecule has 7 nitrogen and oxygen atoms in total. The minimum atomic E-state index is -2.33. The molecule has 0 saturated heterocycles. The summed E-state index contributed by atoms with van der Waals surface area (Å²) in [5, 5.41) is 19.8. The van der Waals surface area contributed by atoms with Gasteiger partial charge < -0.3 is 31.8 Å². The van der Waals surface area contributed by atoms with E-state index in [0.717, 1.165) is 6.54 Å². The van der Waals surface area contributed by atoms with Gasteiger partial charge in [0.1, 0.15) is 0 Å². The maximum absolute atomic E-state index is 8.33. The van der Waals surface area contributed by atoms with Gasteiger partial charge in [0.2, 0.25) is 0 Å². The van der Waals surface area contributed by atoms with Crippen LogP contribution in [0.25, 0.3) is 0 Å². The van der Waals surface area contributed by atoms with Crippen molar-refractivity contribution in [1.29, 1.82) is 0 Å². The molecule has 76 valence electrons. The monoisotopic (exact) mass is 206 g/mol. The van der Waals surface area contributed by atoms with Crippen LogP contribution in [0.15, 0.2) is 4.99 Å². The lowest BCUT2D eigenvalue weighted by atomic mass is 10.7. The number of carbonyl (C=O) groups excluding carboxylic acids is 1. The Morgan fingerprint density at radius 2 is 1.92 bits per heavy atom. The Balaban J connectivity index is 0. The van der Waals surface area contributed by atoms with Crippen LogP contribution in [0.5, 0.6) is 0 Å². The molecule has 0 aliphatic rings. The molecule has 0 bridgehead atoms. The molecular formula is C5H10N4O3S-2. The summed E-state index contributed by atoms with van der Waals surface area (Å²) >= 11 is 4.67. The van der Waals surface area contributed by atoms with Crippen LogP contribution in [0.2, 0.25) is 0 Å². The number of guanidine groups is 1. The molecule has 0 radical (unpaired) electrons. The van der Waals surface area contributed by atoms with E-state index in [2.05, 4.69) is 22.5 Å². The van der Waals surface area contributed by atoms with Crippen LogP contribution in [0.4, 0.5) is 4.79 Å². The molecule has 0 aliphatic heterocycles. The van der Waals surface area contributed by atoms with Gasteiger partial charge in [0.15, 0.2) is 11.1 Å². The molecule has 0 rings (SSSR count). The second-order valence-corrected chi connectivity index (χ2v) is 2.01. The number of carboxylic acid groups (broad SMARTS) is 2. The number of nitrogens with zero attached hydrogens (tertiary/aromatic N) is 1. The SMILES string of the molecule is CCNC(=S)N=C(N)N.O=C([O-])[O-]. The lowest BCUT2D eigenvalue weighted by molar-refractivity contribution is -0.415. The first-order chi connectivity index (χ1) is 5.90. The molecule has 0 spiro atoms. The lowest BCUT2D eigenvalue weighted by Crippen LogP contribution is -2.37. The van der Waals surface area contributed by atoms with E-state index in [4.69, 9.17) is 26.5 Å². The number of thiocarbonyl (C=S) groups is 1. The first kappa shape index (κ1) is 14.0. The van der Waals surface area contributed by atoms with Gasteiger partial charge in [-0.25, -0.2) is 0 Å². The summed E-state index contributed by atoms with van der Waals surface area (Å²) in [5.74, 6) is -0.0130. The summed E-state index contributed by atoms with van der Waals surface area (Å²) in [6.07, 6.45) is -2.33. The third kappa shape index (κ3) is 25.1. The van der Waals surface area contributed by atoms with E-state index in [1.807, 2.05) is 6.92 Å². The summed E-state index contributed by atoms with van der Waals surface area (Å²) in [4.78, 5) is 11.9. The second kappa shape index (κ2) is 8.53. The highest BCUT2D eigenvalue weighted by Gasteiger charge is 1.86. The molecule has 0 unspecified atom stereocenters. The van der Waals surface area contributed by atoms with Crippen LogP contribution in [-0.2, 0) is 0 Å². The molecule has 0 aliphatic carbocycles. The van der Waals surface area contributed by atoms with Gasteiger partial charge >= 0.3 is 0 Å². The number of carbonyl (C=O) groups is 1. The Bertz CT molecular complexity index is 198. The molecule has 0 fully saturated rings. The van der Waals surface area contributed by atoms with Crippen LogP contribution < -0.4 is 27.0 Å². The number of hydrogen-bond donors (Lipinski definition) is 3. The Morgan fingerprint density at radius 3 is 2.15 bits per heavy atom. The largest absolute Gasteiger partial charge is 0.652 e. The molecule has 0 aromatic rings. The zero-order valence-electron chi connectivity index (χ0n) is 6.94. The van der Waals surface area contributed by atoms with E-state index in [1.54, 1.807) is 0 Å². The maximum Gasteiger partial charge on any atom is 0.196 e. The minimum Gasteiger partial charge on any atom is -0.652 e. The number of nitrogens with two attached hydrogens (primary N) is 2. The van der Waals surface area contributed by atoms with Crippen LogP contribution >= 0.6 is 12.2 Å². The van der Waals surface area contributed by atoms with Gasteiger partial charge in [-0.1, -0.05) is 0 Å². The van der Waals surface area contributed by atoms with Crippen molar-refractivity contribution in [2.24, 2.45) is 16.5 Å². The molecule has 5 N–H and O–H groups in total. The summed E-state index contributed by atoms with van der Waals surface area (Å²) in [7, 11) is 0. The van der Waals surface area contributed by atoms with Gasteiger partial charge in [0.25, 0.3) is 0 Å². The Labute approximate surface area is 80.4 Å². The fourth-order valence-corrected chi connectivity index (χ4v) is 0.558. The topological polar surface area (TPSA) is 140 Å². The molecule has 0 atom stereocenters. The number of rotatable bonds is 1. The second-order valence-electron chi connectivity index (χ2n) is 1.62. The van der Waals surface area contributed by atoms with Crippen molar-refractivity contribution in [3.8, 4) is 0 Å². The van der Waals surface area contributed by atoms with E-state index in [-0.39, 0.29) is 5.96 Å². The fourth-order valence-electron chi connectivity index (χ4n) is 0.308. The summed E-state index contributed by atoms with van der Waals surface area (Å²) in [6, 6.07) is 0. The van der Waals surface area contributed by atoms with Gasteiger partial charge in [-0.05, 0) is 25.3 Å². The quantitative estimate of drug-likeness (QED) is 0.232. The van der Waals surface area contributed by atoms with Crippen LogP contribution in [0.3, 0.4) is 0 Å². The van der Waals surface area contributed by atoms with Gasteiger partial charge in [-0.15, -0.1) is 0 Å². The predicted octanol–water partition coefficient (Wildman–Crippen LogP) is -3.29. The van der Waals surface area contributed by atoms with Crippen molar-refractivity contribution in [1.82, 2.24) is 5.32 Å². The van der Waals surface area contributed by atoms with Crippen molar-refractivity contribution >= 4 is 29.4 Å². The average Bonchev–Trinajstić information content (AvgIpc) is 1.83. The predicted molar refractivity (Wildman–Crippen MR) is 47.5 cm³/mol. The summed E-state index contributed by atoms with van der Waals surface area (Å²) in [5.41, 5.74) is 10.0. The normalized spacial score (nSPS) is 7.46. The van der Waals surface area contributed by atoms with Crippen LogP contribution in [0, 0.1) is 0 Å². The first-order valence-corrected chi connectivity index (χ1v) is 3.56. The molecule has 0 aromatic carbocycles. The summed E-state index contributed by atoms with van der Waals surface area (Å²) < 4.78 is 0. The highest BCUT2D eigenvalue weighted by atomic mass is 32.1. The van der Waals surface area contributed by atoms with Crippen LogP contribution in [-0.4, -0.2) is 23.8 Å². The molecular weight excluding hydrogens is 196 g/mol. The Morgan fingerprint density at radius 1 is 1.54 bits per heavy atom. The zero-order chi connectivity index (χ0) is 10.9. The molecule has 0 amide bonds. The van der Waals surface area contributed by atoms with Gasteiger partial charge in [-0.2, -0.15) is 4.99 Å². The minimum absolute atomic E-state index is 0.0130. The molecule has 0 saturated carbocycles. The third-order valence-corrected chi connectivity index (χ3v) is 0.794. The van der Waals surface area contributed by atoms with E-state index >= 15 is 0 Å². The average molecular weight is 206 g/mol. The highest BCUT2D eigenvalue weighted by molar-refractivity contribution is 7.80. The smallest absolute Gasteiger partial charge is 0.196 e. The van der Waals surface area contributed by atoms with Crippen molar-refractivity contribution in [2.75, 3.05) is 6.54 Å². The fraction of sp³-hybridized carbons (Fsp3) is 0.400. The Kier molecular flexibility index (Phi) is 9.17. The van der Waals surface area contributed by atoms with E-state index in [0.29, 0.717) is 5.11 Å².